The number of carbonyl (C=O) groups is 3. The number of esters is 3. The van der Waals surface area contributed by atoms with Gasteiger partial charge in [0.25, 0.3) is 16.7 Å². The quantitative estimate of drug-likeness (QED) is 0.0607. The standard InChI is InChI=1S/C26H23FN4O3.2C20H19FN4O5S/c1-34-26(33)21-8-5-15-30-24(23(25(32)31(21)30)18-9-11-19(27)12-10-18)20-13-14-28-22(29-20)16-17-6-3-2-4-7-17;2*1-30-19(27)15-4-3-11-24-17(14-9-10-22-20(23-14)31(2,28)29)16(18(26)25(15)24)12-5-7-13(21)8-6-12/h2-4,6-7,9-14,21H,5,8,15-16H2,1H3;2*5-10,15H,3-4,11H2,1-2H3/t21-;2*15-/m000/s1. The van der Waals surface area contributed by atoms with Crippen LogP contribution in [-0.4, -0.2) is 127 Å². The van der Waals surface area contributed by atoms with Gasteiger partial charge >= 0.3 is 17.9 Å². The first-order chi connectivity index (χ1) is 46.0. The van der Waals surface area contributed by atoms with Gasteiger partial charge in [0.1, 0.15) is 23.3 Å². The summed E-state index contributed by atoms with van der Waals surface area (Å²) < 4.78 is 112. The van der Waals surface area contributed by atoms with Crippen molar-refractivity contribution >= 4 is 37.6 Å². The molecule has 96 heavy (non-hydrogen) atoms. The Morgan fingerprint density at radius 1 is 0.448 bits per heavy atom. The molecule has 0 unspecified atom stereocenters. The molecule has 3 atom stereocenters. The molecule has 0 radical (unpaired) electrons. The molecular formula is C66H61F3N12O13S2. The Morgan fingerprint density at radius 2 is 0.760 bits per heavy atom. The van der Waals surface area contributed by atoms with Crippen molar-refractivity contribution in [2.45, 2.75) is 93.0 Å². The molecule has 10 aromatic rings. The second kappa shape index (κ2) is 27.7. The van der Waals surface area contributed by atoms with E-state index in [2.05, 4.69) is 24.9 Å². The maximum absolute atomic E-state index is 13.7. The largest absolute Gasteiger partial charge is 0.467 e. The minimum Gasteiger partial charge on any atom is -0.467 e. The van der Waals surface area contributed by atoms with Gasteiger partial charge in [-0.15, -0.1) is 0 Å². The number of aromatic nitrogens is 12. The predicted molar refractivity (Wildman–Crippen MR) is 342 cm³/mol. The molecule has 0 N–H and O–H groups in total. The van der Waals surface area contributed by atoms with Crippen molar-refractivity contribution < 1.29 is 58.6 Å². The molecule has 0 aliphatic carbocycles. The smallest absolute Gasteiger partial charge is 0.330 e. The predicted octanol–water partition coefficient (Wildman–Crippen LogP) is 7.66. The number of nitrogens with zero attached hydrogens (tertiary/aromatic N) is 12. The van der Waals surface area contributed by atoms with Crippen LogP contribution in [-0.2, 0) is 74.3 Å². The lowest BCUT2D eigenvalue weighted by Gasteiger charge is -2.26. The minimum absolute atomic E-state index is 0.189. The van der Waals surface area contributed by atoms with Crippen LogP contribution in [0.2, 0.25) is 0 Å². The molecular weight excluding hydrogens is 1290 g/mol. The molecule has 0 spiro atoms. The van der Waals surface area contributed by atoms with Gasteiger partial charge in [-0.2, -0.15) is 0 Å². The summed E-state index contributed by atoms with van der Waals surface area (Å²) in [6.45, 7) is 1.34. The molecule has 4 aromatic carbocycles. The van der Waals surface area contributed by atoms with Crippen LogP contribution in [0.1, 0.15) is 68.0 Å². The van der Waals surface area contributed by atoms with Crippen LogP contribution < -0.4 is 16.7 Å². The fraction of sp³-hybridized carbons (Fsp3) is 0.273. The molecule has 9 heterocycles. The summed E-state index contributed by atoms with van der Waals surface area (Å²) >= 11 is 0. The van der Waals surface area contributed by atoms with Crippen molar-refractivity contribution in [1.82, 2.24) is 58.0 Å². The third kappa shape index (κ3) is 13.4. The first-order valence-electron chi connectivity index (χ1n) is 30.0. The van der Waals surface area contributed by atoms with Gasteiger partial charge in [0.15, 0.2) is 18.1 Å². The molecule has 30 heteroatoms. The van der Waals surface area contributed by atoms with Gasteiger partial charge in [0.2, 0.25) is 30.0 Å². The molecule has 25 nitrogen and oxygen atoms in total. The zero-order valence-electron chi connectivity index (χ0n) is 52.2. The van der Waals surface area contributed by atoms with Crippen LogP contribution in [0.15, 0.2) is 165 Å². The Morgan fingerprint density at radius 3 is 1.07 bits per heavy atom. The van der Waals surface area contributed by atoms with E-state index in [0.717, 1.165) is 18.1 Å². The van der Waals surface area contributed by atoms with Crippen molar-refractivity contribution in [2.24, 2.45) is 0 Å². The summed E-state index contributed by atoms with van der Waals surface area (Å²) in [5.74, 6) is -2.30. The normalized spacial score (nSPS) is 15.7. The number of rotatable bonds is 13. The second-order valence-corrected chi connectivity index (χ2v) is 26.4. The van der Waals surface area contributed by atoms with Gasteiger partial charge < -0.3 is 14.2 Å². The highest BCUT2D eigenvalue weighted by Gasteiger charge is 2.38. The Labute approximate surface area is 545 Å². The van der Waals surface area contributed by atoms with E-state index in [4.69, 9.17) is 19.2 Å². The maximum atomic E-state index is 13.7. The van der Waals surface area contributed by atoms with E-state index in [1.807, 2.05) is 30.3 Å². The average molecular weight is 1350 g/mol. The molecule has 0 saturated carbocycles. The molecule has 0 saturated heterocycles. The van der Waals surface area contributed by atoms with Gasteiger partial charge in [-0.25, -0.2) is 88.3 Å². The summed E-state index contributed by atoms with van der Waals surface area (Å²) in [5, 5.41) is -0.772. The van der Waals surface area contributed by atoms with Crippen molar-refractivity contribution in [1.29, 1.82) is 0 Å². The van der Waals surface area contributed by atoms with Crippen molar-refractivity contribution in [3.63, 3.8) is 0 Å². The number of sulfone groups is 2. The number of hydrogen-bond acceptors (Lipinski definition) is 19. The highest BCUT2D eigenvalue weighted by molar-refractivity contribution is 7.90. The monoisotopic (exact) mass is 1350 g/mol. The zero-order valence-corrected chi connectivity index (χ0v) is 53.8. The first kappa shape index (κ1) is 66.7. The van der Waals surface area contributed by atoms with Gasteiger partial charge in [-0.05, 0) is 115 Å². The van der Waals surface area contributed by atoms with E-state index in [0.29, 0.717) is 115 Å². The van der Waals surface area contributed by atoms with Crippen LogP contribution in [0.4, 0.5) is 13.2 Å². The average Bonchev–Trinajstić information content (AvgIpc) is 1.60. The maximum Gasteiger partial charge on any atom is 0.330 e. The number of methoxy groups -OCH3 is 3. The Balaban J connectivity index is 0.000000147. The van der Waals surface area contributed by atoms with Gasteiger partial charge in [-0.1, -0.05) is 66.7 Å². The van der Waals surface area contributed by atoms with Crippen LogP contribution in [0.3, 0.4) is 0 Å². The van der Waals surface area contributed by atoms with E-state index in [-0.39, 0.29) is 38.4 Å². The topological polar surface area (TPSA) is 305 Å². The summed E-state index contributed by atoms with van der Waals surface area (Å²) in [7, 11) is -3.58. The van der Waals surface area contributed by atoms with Crippen LogP contribution in [0, 0.1) is 17.5 Å². The molecule has 3 aliphatic heterocycles. The minimum atomic E-state index is -3.70. The van der Waals surface area contributed by atoms with E-state index in [1.54, 1.807) is 38.4 Å². The number of hydrogen-bond donors (Lipinski definition) is 0. The molecule has 6 aromatic heterocycles. The van der Waals surface area contributed by atoms with E-state index >= 15 is 0 Å². The van der Waals surface area contributed by atoms with E-state index in [9.17, 15) is 58.8 Å². The SMILES string of the molecule is COC(=O)[C@@H]1CCCn2c(-c3ccnc(Cc4ccccc4)n3)c(-c3ccc(F)cc3)c(=O)n21.COC(=O)[C@@H]1CCCn2c(-c3ccnc(S(C)(=O)=O)n3)c(-c3ccc(F)cc3)c(=O)n21.COC(=O)[C@@H]1CCCn2c(-c3ccnc(S(C)(=O)=O)n3)c(-c3ccc(F)cc3)c(=O)n21. The number of carbonyl (C=O) groups excluding carboxylic acids is 3. The zero-order chi connectivity index (χ0) is 68.3. The van der Waals surface area contributed by atoms with Gasteiger partial charge in [-0.3, -0.25) is 28.4 Å². The van der Waals surface area contributed by atoms with Crippen molar-refractivity contribution in [3.05, 3.63) is 200 Å². The number of ether oxygens (including phenoxy) is 3. The second-order valence-electron chi connectivity index (χ2n) is 22.6. The van der Waals surface area contributed by atoms with Crippen LogP contribution in [0.25, 0.3) is 67.5 Å². The fourth-order valence-corrected chi connectivity index (χ4v) is 13.1. The summed E-state index contributed by atoms with van der Waals surface area (Å²) in [6, 6.07) is 28.7. The summed E-state index contributed by atoms with van der Waals surface area (Å²) in [6.07, 6.45) is 9.99. The van der Waals surface area contributed by atoms with Gasteiger partial charge in [0, 0.05) is 57.2 Å². The third-order valence-corrected chi connectivity index (χ3v) is 18.1. The Kier molecular flexibility index (Phi) is 19.2. The molecule has 0 amide bonds. The molecule has 3 aliphatic rings. The lowest BCUT2D eigenvalue weighted by Crippen LogP contribution is -2.37. The number of halogens is 3. The molecule has 496 valence electrons. The number of benzene rings is 4. The molecule has 0 fully saturated rings. The van der Waals surface area contributed by atoms with Gasteiger partial charge in [0.05, 0.1) is 72.2 Å². The van der Waals surface area contributed by atoms with Crippen molar-refractivity contribution in [2.75, 3.05) is 33.8 Å². The summed E-state index contributed by atoms with van der Waals surface area (Å²) in [5.41, 5.74) is 4.15. The lowest BCUT2D eigenvalue weighted by atomic mass is 10.0. The Bertz CT molecular complexity index is 4850. The highest BCUT2D eigenvalue weighted by Crippen LogP contribution is 2.38. The summed E-state index contributed by atoms with van der Waals surface area (Å²) in [4.78, 5) is 103. The molecule has 13 rings (SSSR count). The van der Waals surface area contributed by atoms with E-state index < -0.39 is 84.3 Å². The fourth-order valence-electron chi connectivity index (χ4n) is 12.1. The van der Waals surface area contributed by atoms with Crippen molar-refractivity contribution in [3.8, 4) is 67.5 Å². The van der Waals surface area contributed by atoms with E-state index in [1.165, 1.54) is 121 Å². The first-order valence-corrected chi connectivity index (χ1v) is 33.8. The lowest BCUT2D eigenvalue weighted by molar-refractivity contribution is -0.147. The number of fused-ring (bicyclic) bond motifs is 3. The van der Waals surface area contributed by atoms with Crippen LogP contribution >= 0.6 is 0 Å². The third-order valence-electron chi connectivity index (χ3n) is 16.3. The highest BCUT2D eigenvalue weighted by atomic mass is 32.2. The molecule has 0 bridgehead atoms. The van der Waals surface area contributed by atoms with Crippen LogP contribution in [0.5, 0.6) is 0 Å². The Hall–Kier alpha value is -10.8.